The van der Waals surface area contributed by atoms with Crippen LogP contribution in [0, 0.1) is 12.8 Å². The van der Waals surface area contributed by atoms with Crippen LogP contribution in [-0.2, 0) is 11.2 Å². The number of methoxy groups -OCH3 is 1. The van der Waals surface area contributed by atoms with E-state index >= 15 is 0 Å². The van der Waals surface area contributed by atoms with Gasteiger partial charge in [0.1, 0.15) is 29.5 Å². The Bertz CT molecular complexity index is 791. The van der Waals surface area contributed by atoms with Crippen molar-refractivity contribution in [2.45, 2.75) is 44.7 Å². The molecule has 0 N–H and O–H groups in total. The average Bonchev–Trinajstić information content (AvgIpc) is 3.37. The van der Waals surface area contributed by atoms with E-state index in [1.807, 2.05) is 29.2 Å². The summed E-state index contributed by atoms with van der Waals surface area (Å²) in [5.74, 6) is 2.11. The van der Waals surface area contributed by atoms with Gasteiger partial charge in [-0.05, 0) is 44.2 Å². The highest BCUT2D eigenvalue weighted by atomic mass is 16.6. The Hall–Kier alpha value is -2.57. The van der Waals surface area contributed by atoms with Gasteiger partial charge in [0, 0.05) is 12.1 Å². The van der Waals surface area contributed by atoms with E-state index in [2.05, 4.69) is 10.3 Å². The third-order valence-electron chi connectivity index (χ3n) is 5.56. The maximum Gasteiger partial charge on any atom is 0.229 e. The lowest BCUT2D eigenvalue weighted by molar-refractivity contribution is -0.135. The van der Waals surface area contributed by atoms with Crippen LogP contribution in [0.1, 0.15) is 30.7 Å². The third-order valence-corrected chi connectivity index (χ3v) is 5.56. The first kappa shape index (κ1) is 16.9. The molecule has 26 heavy (non-hydrogen) atoms. The van der Waals surface area contributed by atoms with Gasteiger partial charge in [0.25, 0.3) is 0 Å². The number of ether oxygens (including phenoxy) is 2. The number of carbonyl (C=O) groups excluding carboxylic acids is 1. The lowest BCUT2D eigenvalue weighted by atomic mass is 9.99. The minimum atomic E-state index is 0.0789. The molecule has 0 spiro atoms. The van der Waals surface area contributed by atoms with Gasteiger partial charge in [-0.2, -0.15) is 0 Å². The Balaban J connectivity index is 1.45. The summed E-state index contributed by atoms with van der Waals surface area (Å²) in [5, 5.41) is 7.61. The molecule has 1 saturated carbocycles. The molecule has 2 bridgehead atoms. The first-order valence-electron chi connectivity index (χ1n) is 9.01. The first-order valence-corrected chi connectivity index (χ1v) is 9.01. The van der Waals surface area contributed by atoms with Gasteiger partial charge in [-0.1, -0.05) is 16.4 Å². The van der Waals surface area contributed by atoms with Crippen molar-refractivity contribution in [2.75, 3.05) is 13.7 Å². The molecule has 1 saturated heterocycles. The van der Waals surface area contributed by atoms with Crippen molar-refractivity contribution in [1.82, 2.24) is 15.2 Å². The van der Waals surface area contributed by atoms with Crippen molar-refractivity contribution in [3.8, 4) is 11.5 Å². The van der Waals surface area contributed by atoms with Gasteiger partial charge < -0.3 is 14.4 Å². The zero-order valence-corrected chi connectivity index (χ0v) is 15.1. The average molecular weight is 357 g/mol. The molecule has 0 unspecified atom stereocenters. The van der Waals surface area contributed by atoms with E-state index in [-0.39, 0.29) is 18.4 Å². The molecule has 2 fully saturated rings. The molecule has 7 nitrogen and oxygen atoms in total. The van der Waals surface area contributed by atoms with Gasteiger partial charge in [-0.25, -0.2) is 4.63 Å². The molecule has 1 amide bonds. The highest BCUT2D eigenvalue weighted by Crippen LogP contribution is 2.43. The predicted molar refractivity (Wildman–Crippen MR) is 93.0 cm³/mol. The predicted octanol–water partition coefficient (Wildman–Crippen LogP) is 2.39. The van der Waals surface area contributed by atoms with Gasteiger partial charge in [0.15, 0.2) is 0 Å². The topological polar surface area (TPSA) is 77.7 Å². The number of likely N-dealkylation sites (tertiary alicyclic amines) is 1. The maximum atomic E-state index is 12.9. The van der Waals surface area contributed by atoms with E-state index in [1.54, 1.807) is 14.0 Å². The smallest absolute Gasteiger partial charge is 0.229 e. The van der Waals surface area contributed by atoms with Crippen LogP contribution in [0.2, 0.25) is 0 Å². The molecule has 2 heterocycles. The normalized spacial score (nSPS) is 24.1. The van der Waals surface area contributed by atoms with E-state index < -0.39 is 0 Å². The second-order valence-electron chi connectivity index (χ2n) is 7.06. The van der Waals surface area contributed by atoms with E-state index in [0.29, 0.717) is 30.0 Å². The summed E-state index contributed by atoms with van der Waals surface area (Å²) in [5.41, 5.74) is 1.29. The van der Waals surface area contributed by atoms with Crippen LogP contribution in [0.5, 0.6) is 11.5 Å². The van der Waals surface area contributed by atoms with Crippen molar-refractivity contribution >= 4 is 5.91 Å². The number of hydrogen-bond donors (Lipinski definition) is 0. The summed E-state index contributed by atoms with van der Waals surface area (Å²) in [6, 6.07) is 7.97. The number of benzene rings is 1. The number of piperidine rings is 1. The molecule has 2 aromatic rings. The molecular formula is C19H23N3O4. The fourth-order valence-corrected chi connectivity index (χ4v) is 4.21. The number of amides is 1. The lowest BCUT2D eigenvalue weighted by Crippen LogP contribution is -2.48. The fraction of sp³-hybridized carbons (Fsp3) is 0.526. The number of fused-ring (bicyclic) bond motifs is 2. The summed E-state index contributed by atoms with van der Waals surface area (Å²) in [6.07, 6.45) is 3.52. The molecule has 1 aromatic carbocycles. The standard InChI is InChI=1S/C19H23N3O4/c1-12-17(21-26-20-12)10-19(23)22-14-7-6-13(8-14)18(22)11-25-16-5-3-4-15(9-16)24-2/h3-5,9,13-14,18H,6-8,10-11H2,1-2H3/t13-,14+,18+/m1/s1. The quantitative estimate of drug-likeness (QED) is 0.790. The molecule has 1 aromatic heterocycles. The zero-order valence-electron chi connectivity index (χ0n) is 15.1. The van der Waals surface area contributed by atoms with Crippen molar-refractivity contribution < 1.29 is 18.9 Å². The molecule has 0 radical (unpaired) electrons. The van der Waals surface area contributed by atoms with Gasteiger partial charge in [-0.3, -0.25) is 4.79 Å². The Kier molecular flexibility index (Phi) is 4.53. The summed E-state index contributed by atoms with van der Waals surface area (Å²) in [7, 11) is 1.64. The summed E-state index contributed by atoms with van der Waals surface area (Å²) in [6.45, 7) is 2.30. The second-order valence-corrected chi connectivity index (χ2v) is 7.06. The van der Waals surface area contributed by atoms with Gasteiger partial charge in [0.05, 0.1) is 19.6 Å². The fourth-order valence-electron chi connectivity index (χ4n) is 4.21. The van der Waals surface area contributed by atoms with E-state index in [4.69, 9.17) is 14.1 Å². The van der Waals surface area contributed by atoms with Gasteiger partial charge >= 0.3 is 0 Å². The summed E-state index contributed by atoms with van der Waals surface area (Å²) >= 11 is 0. The number of carbonyl (C=O) groups is 1. The number of aromatic nitrogens is 2. The van der Waals surface area contributed by atoms with Crippen LogP contribution >= 0.6 is 0 Å². The van der Waals surface area contributed by atoms with Crippen molar-refractivity contribution in [3.05, 3.63) is 35.7 Å². The minimum Gasteiger partial charge on any atom is -0.497 e. The highest BCUT2D eigenvalue weighted by Gasteiger charge is 2.48. The zero-order chi connectivity index (χ0) is 18.1. The van der Waals surface area contributed by atoms with E-state index in [1.165, 1.54) is 0 Å². The molecule has 3 atom stereocenters. The SMILES string of the molecule is COc1cccc(OC[C@H]2[C@@H]3CC[C@@H](C3)N2C(=O)Cc2nonc2C)c1. The Morgan fingerprint density at radius 2 is 2.15 bits per heavy atom. The molecule has 138 valence electrons. The number of nitrogens with zero attached hydrogens (tertiary/aromatic N) is 3. The van der Waals surface area contributed by atoms with Crippen LogP contribution in [0.15, 0.2) is 28.9 Å². The maximum absolute atomic E-state index is 12.9. The highest BCUT2D eigenvalue weighted by molar-refractivity contribution is 5.79. The van der Waals surface area contributed by atoms with Crippen LogP contribution < -0.4 is 9.47 Å². The Morgan fingerprint density at radius 1 is 1.31 bits per heavy atom. The van der Waals surface area contributed by atoms with Crippen LogP contribution in [0.3, 0.4) is 0 Å². The summed E-state index contributed by atoms with van der Waals surface area (Å²) < 4.78 is 16.0. The van der Waals surface area contributed by atoms with Crippen molar-refractivity contribution in [2.24, 2.45) is 5.92 Å². The van der Waals surface area contributed by atoms with E-state index in [9.17, 15) is 4.79 Å². The van der Waals surface area contributed by atoms with Crippen LogP contribution in [0.25, 0.3) is 0 Å². The first-order chi connectivity index (χ1) is 12.7. The molecule has 1 aliphatic carbocycles. The second kappa shape index (κ2) is 6.97. The molecule has 2 aliphatic rings. The van der Waals surface area contributed by atoms with E-state index in [0.717, 1.165) is 30.8 Å². The molecule has 7 heteroatoms. The Morgan fingerprint density at radius 3 is 2.92 bits per heavy atom. The van der Waals surface area contributed by atoms with Crippen LogP contribution in [-0.4, -0.2) is 46.9 Å². The Labute approximate surface area is 152 Å². The van der Waals surface area contributed by atoms with Crippen molar-refractivity contribution in [1.29, 1.82) is 0 Å². The molecular weight excluding hydrogens is 334 g/mol. The number of aryl methyl sites for hydroxylation is 1. The third kappa shape index (κ3) is 3.13. The lowest BCUT2D eigenvalue weighted by Gasteiger charge is -2.35. The van der Waals surface area contributed by atoms with Crippen LogP contribution in [0.4, 0.5) is 0 Å². The van der Waals surface area contributed by atoms with Gasteiger partial charge in [-0.15, -0.1) is 0 Å². The number of rotatable bonds is 6. The largest absolute Gasteiger partial charge is 0.497 e. The summed E-state index contributed by atoms with van der Waals surface area (Å²) in [4.78, 5) is 14.9. The molecule has 1 aliphatic heterocycles. The van der Waals surface area contributed by atoms with Gasteiger partial charge in [0.2, 0.25) is 5.91 Å². The minimum absolute atomic E-state index is 0.0789. The molecule has 4 rings (SSSR count). The van der Waals surface area contributed by atoms with Crippen molar-refractivity contribution in [3.63, 3.8) is 0 Å². The monoisotopic (exact) mass is 357 g/mol. The number of hydrogen-bond acceptors (Lipinski definition) is 6.